The van der Waals surface area contributed by atoms with E-state index in [4.69, 9.17) is 5.73 Å². The molecule has 5 heteroatoms. The van der Waals surface area contributed by atoms with Crippen molar-refractivity contribution in [1.29, 1.82) is 0 Å². The molecule has 100 valence electrons. The number of aryl methyl sites for hydroxylation is 2. The second kappa shape index (κ2) is 6.04. The van der Waals surface area contributed by atoms with Gasteiger partial charge in [0.1, 0.15) is 0 Å². The number of nitrogens with zero attached hydrogens (tertiary/aromatic N) is 3. The molecule has 0 radical (unpaired) electrons. The molecular weight excluding hydrogens is 238 g/mol. The van der Waals surface area contributed by atoms with E-state index in [-0.39, 0.29) is 0 Å². The highest BCUT2D eigenvalue weighted by Crippen LogP contribution is 2.10. The molecule has 1 aromatic carbocycles. The molecule has 0 bridgehead atoms. The largest absolute Gasteiger partial charge is 0.370 e. The molecular formula is C14H19N5. The van der Waals surface area contributed by atoms with Gasteiger partial charge in [0.05, 0.1) is 12.7 Å². The number of hydrogen-bond donors (Lipinski definition) is 2. The van der Waals surface area contributed by atoms with Gasteiger partial charge in [0, 0.05) is 24.5 Å². The van der Waals surface area contributed by atoms with Crippen molar-refractivity contribution in [3.05, 3.63) is 47.8 Å². The van der Waals surface area contributed by atoms with Gasteiger partial charge in [-0.3, -0.25) is 4.68 Å². The third-order valence-electron chi connectivity index (χ3n) is 2.80. The molecule has 0 atom stereocenters. The van der Waals surface area contributed by atoms with Crippen molar-refractivity contribution in [2.45, 2.75) is 19.9 Å². The number of benzene rings is 1. The van der Waals surface area contributed by atoms with Gasteiger partial charge in [-0.25, -0.2) is 4.99 Å². The van der Waals surface area contributed by atoms with E-state index in [0.717, 1.165) is 17.7 Å². The zero-order valence-electron chi connectivity index (χ0n) is 11.3. The van der Waals surface area contributed by atoms with Gasteiger partial charge in [-0.05, 0) is 24.1 Å². The third-order valence-corrected chi connectivity index (χ3v) is 2.80. The van der Waals surface area contributed by atoms with Gasteiger partial charge in [0.2, 0.25) is 0 Å². The Hall–Kier alpha value is -2.30. The topological polar surface area (TPSA) is 68.2 Å². The van der Waals surface area contributed by atoms with Gasteiger partial charge < -0.3 is 11.1 Å². The third kappa shape index (κ3) is 3.84. The molecule has 0 saturated carbocycles. The number of aromatic nitrogens is 2. The Morgan fingerprint density at radius 3 is 2.95 bits per heavy atom. The Bertz CT molecular complexity index is 571. The van der Waals surface area contributed by atoms with Crippen molar-refractivity contribution in [3.63, 3.8) is 0 Å². The molecule has 0 aliphatic rings. The lowest BCUT2D eigenvalue weighted by atomic mass is 10.1. The fraction of sp³-hybridized carbons (Fsp3) is 0.286. The lowest BCUT2D eigenvalue weighted by Crippen LogP contribution is -2.22. The Labute approximate surface area is 113 Å². The monoisotopic (exact) mass is 257 g/mol. The van der Waals surface area contributed by atoms with Crippen LogP contribution in [0.25, 0.3) is 0 Å². The summed E-state index contributed by atoms with van der Waals surface area (Å²) in [5.41, 5.74) is 9.13. The minimum atomic E-state index is 0.414. The fourth-order valence-corrected chi connectivity index (χ4v) is 1.79. The smallest absolute Gasteiger partial charge is 0.193 e. The number of hydrogen-bond acceptors (Lipinski definition) is 2. The molecule has 1 aromatic heterocycles. The van der Waals surface area contributed by atoms with E-state index in [1.165, 1.54) is 5.56 Å². The summed E-state index contributed by atoms with van der Waals surface area (Å²) in [6, 6.07) is 8.15. The van der Waals surface area contributed by atoms with Crippen LogP contribution < -0.4 is 11.1 Å². The van der Waals surface area contributed by atoms with E-state index >= 15 is 0 Å². The van der Waals surface area contributed by atoms with Crippen molar-refractivity contribution < 1.29 is 0 Å². The number of nitrogens with one attached hydrogen (secondary N) is 1. The molecule has 5 nitrogen and oxygen atoms in total. The lowest BCUT2D eigenvalue weighted by molar-refractivity contribution is 0.767. The molecule has 0 aliphatic heterocycles. The molecule has 2 aromatic rings. The summed E-state index contributed by atoms with van der Waals surface area (Å²) in [4.78, 5) is 4.29. The van der Waals surface area contributed by atoms with Crippen LogP contribution in [0.15, 0.2) is 41.7 Å². The summed E-state index contributed by atoms with van der Waals surface area (Å²) in [6.45, 7) is 2.65. The number of rotatable bonds is 4. The summed E-state index contributed by atoms with van der Waals surface area (Å²) in [6.07, 6.45) is 4.71. The van der Waals surface area contributed by atoms with E-state index in [0.29, 0.717) is 12.5 Å². The fourth-order valence-electron chi connectivity index (χ4n) is 1.79. The minimum Gasteiger partial charge on any atom is -0.370 e. The van der Waals surface area contributed by atoms with Gasteiger partial charge >= 0.3 is 0 Å². The van der Waals surface area contributed by atoms with Crippen LogP contribution in [0.1, 0.15) is 18.1 Å². The van der Waals surface area contributed by atoms with Crippen LogP contribution in [0.4, 0.5) is 5.69 Å². The van der Waals surface area contributed by atoms with Crippen LogP contribution in [0, 0.1) is 0 Å². The first-order chi connectivity index (χ1) is 9.17. The average molecular weight is 257 g/mol. The first-order valence-corrected chi connectivity index (χ1v) is 6.31. The predicted octanol–water partition coefficient (Wildman–Crippen LogP) is 1.91. The highest BCUT2D eigenvalue weighted by Gasteiger charge is 1.98. The van der Waals surface area contributed by atoms with Gasteiger partial charge in [-0.2, -0.15) is 5.10 Å². The molecule has 3 N–H and O–H groups in total. The normalized spacial score (nSPS) is 11.6. The standard InChI is InChI=1S/C14H19N5/c1-3-11-5-4-6-13(7-11)18-14(15)16-8-12-9-17-19(2)10-12/h4-7,9-10H,3,8H2,1-2H3,(H3,15,16,18). The van der Waals surface area contributed by atoms with Crippen molar-refractivity contribution in [2.24, 2.45) is 17.8 Å². The maximum atomic E-state index is 5.86. The molecule has 0 aliphatic carbocycles. The maximum absolute atomic E-state index is 5.86. The summed E-state index contributed by atoms with van der Waals surface area (Å²) in [5, 5.41) is 7.18. The first kappa shape index (κ1) is 13.1. The summed E-state index contributed by atoms with van der Waals surface area (Å²) in [5.74, 6) is 0.414. The average Bonchev–Trinajstić information content (AvgIpc) is 2.82. The number of anilines is 1. The lowest BCUT2D eigenvalue weighted by Gasteiger charge is -2.06. The second-order valence-corrected chi connectivity index (χ2v) is 4.40. The van der Waals surface area contributed by atoms with Crippen LogP contribution in [0.5, 0.6) is 0 Å². The minimum absolute atomic E-state index is 0.414. The Morgan fingerprint density at radius 1 is 1.42 bits per heavy atom. The Kier molecular flexibility index (Phi) is 4.18. The second-order valence-electron chi connectivity index (χ2n) is 4.40. The molecule has 0 spiro atoms. The van der Waals surface area contributed by atoms with Crippen LogP contribution in [-0.4, -0.2) is 15.7 Å². The quantitative estimate of drug-likeness (QED) is 0.649. The summed E-state index contributed by atoms with van der Waals surface area (Å²) < 4.78 is 1.75. The van der Waals surface area contributed by atoms with E-state index in [1.807, 2.05) is 25.4 Å². The summed E-state index contributed by atoms with van der Waals surface area (Å²) in [7, 11) is 1.88. The number of aliphatic imine (C=N–C) groups is 1. The predicted molar refractivity (Wildman–Crippen MR) is 78.0 cm³/mol. The highest BCUT2D eigenvalue weighted by molar-refractivity contribution is 5.92. The summed E-state index contributed by atoms with van der Waals surface area (Å²) >= 11 is 0. The van der Waals surface area contributed by atoms with E-state index in [1.54, 1.807) is 10.9 Å². The highest BCUT2D eigenvalue weighted by atomic mass is 15.2. The van der Waals surface area contributed by atoms with Crippen LogP contribution in [0.2, 0.25) is 0 Å². The SMILES string of the molecule is CCc1cccc(NC(N)=NCc2cnn(C)c2)c1. The van der Waals surface area contributed by atoms with Gasteiger partial charge in [-0.1, -0.05) is 19.1 Å². The first-order valence-electron chi connectivity index (χ1n) is 6.31. The molecule has 2 rings (SSSR count). The van der Waals surface area contributed by atoms with E-state index in [9.17, 15) is 0 Å². The maximum Gasteiger partial charge on any atom is 0.193 e. The molecule has 19 heavy (non-hydrogen) atoms. The Balaban J connectivity index is 1.97. The molecule has 0 amide bonds. The van der Waals surface area contributed by atoms with Gasteiger partial charge in [-0.15, -0.1) is 0 Å². The van der Waals surface area contributed by atoms with Gasteiger partial charge in [0.25, 0.3) is 0 Å². The van der Waals surface area contributed by atoms with E-state index < -0.39 is 0 Å². The Morgan fingerprint density at radius 2 is 2.26 bits per heavy atom. The zero-order chi connectivity index (χ0) is 13.7. The van der Waals surface area contributed by atoms with Crippen molar-refractivity contribution >= 4 is 11.6 Å². The van der Waals surface area contributed by atoms with Gasteiger partial charge in [0.15, 0.2) is 5.96 Å². The molecule has 0 saturated heterocycles. The van der Waals surface area contributed by atoms with E-state index in [2.05, 4.69) is 34.5 Å². The molecule has 1 heterocycles. The zero-order valence-corrected chi connectivity index (χ0v) is 11.3. The van der Waals surface area contributed by atoms with Crippen LogP contribution in [-0.2, 0) is 20.0 Å². The number of guanidine groups is 1. The van der Waals surface area contributed by atoms with Crippen molar-refractivity contribution in [1.82, 2.24) is 9.78 Å². The van der Waals surface area contributed by atoms with Crippen LogP contribution in [0.3, 0.4) is 0 Å². The van der Waals surface area contributed by atoms with Crippen LogP contribution >= 0.6 is 0 Å². The molecule has 0 fully saturated rings. The number of nitrogens with two attached hydrogens (primary N) is 1. The van der Waals surface area contributed by atoms with Crippen molar-refractivity contribution in [2.75, 3.05) is 5.32 Å². The van der Waals surface area contributed by atoms with Crippen molar-refractivity contribution in [3.8, 4) is 0 Å². The molecule has 0 unspecified atom stereocenters.